The Balaban J connectivity index is 1.65. The standard InChI is InChI=1S/C28H32N4O6S2/c1-17(2)26(32-24(34)12-20-11-19(9-10-23(20)38-3)28-29-16-30-40-28)27(37)31-21(13-25(35)36)22(33)15-39-14-18-7-5-4-6-8-18/h4-11,16-17,21,26H,12-15H2,1-3H3,(H,31,37)(H,32,34)(H,35,36). The number of carbonyl (C=O) groups excluding carboxylic acids is 3. The number of carbonyl (C=O) groups is 4. The smallest absolute Gasteiger partial charge is 0.305 e. The van der Waals surface area contributed by atoms with E-state index >= 15 is 0 Å². The van der Waals surface area contributed by atoms with Crippen LogP contribution in [0, 0.1) is 5.92 Å². The van der Waals surface area contributed by atoms with E-state index in [9.17, 15) is 24.3 Å². The molecule has 212 valence electrons. The summed E-state index contributed by atoms with van der Waals surface area (Å²) in [5.41, 5.74) is 2.42. The first kappa shape index (κ1) is 30.8. The van der Waals surface area contributed by atoms with E-state index in [1.165, 1.54) is 36.7 Å². The van der Waals surface area contributed by atoms with E-state index in [0.29, 0.717) is 22.1 Å². The third-order valence-corrected chi connectivity index (χ3v) is 7.68. The van der Waals surface area contributed by atoms with E-state index in [1.807, 2.05) is 36.4 Å². The third kappa shape index (κ3) is 9.16. The summed E-state index contributed by atoms with van der Waals surface area (Å²) in [5.74, 6) is -1.86. The van der Waals surface area contributed by atoms with Crippen molar-refractivity contribution < 1.29 is 29.0 Å². The maximum Gasteiger partial charge on any atom is 0.305 e. The Kier molecular flexibility index (Phi) is 11.6. The zero-order valence-electron chi connectivity index (χ0n) is 22.5. The summed E-state index contributed by atoms with van der Waals surface area (Å²) in [6.45, 7) is 3.51. The molecule has 0 fully saturated rings. The number of hydrogen-bond donors (Lipinski definition) is 3. The number of benzene rings is 2. The highest BCUT2D eigenvalue weighted by Crippen LogP contribution is 2.27. The molecular formula is C28H32N4O6S2. The maximum absolute atomic E-state index is 13.2. The number of thioether (sulfide) groups is 1. The second kappa shape index (κ2) is 15.1. The SMILES string of the molecule is COc1ccc(-c2ncns2)cc1CC(=O)NC(C(=O)NC(CC(=O)O)C(=O)CSCc1ccccc1)C(C)C. The van der Waals surface area contributed by atoms with E-state index < -0.39 is 42.1 Å². The zero-order valence-corrected chi connectivity index (χ0v) is 24.1. The van der Waals surface area contributed by atoms with Crippen LogP contribution in [0.5, 0.6) is 5.75 Å². The molecule has 0 radical (unpaired) electrons. The number of ether oxygens (including phenoxy) is 1. The molecule has 3 rings (SSSR count). The summed E-state index contributed by atoms with van der Waals surface area (Å²) in [7, 11) is 1.50. The Morgan fingerprint density at radius 2 is 1.82 bits per heavy atom. The number of nitrogens with one attached hydrogen (secondary N) is 2. The number of aliphatic carboxylic acids is 1. The number of hydrogen-bond acceptors (Lipinski definition) is 9. The van der Waals surface area contributed by atoms with Gasteiger partial charge in [0.2, 0.25) is 11.8 Å². The fourth-order valence-electron chi connectivity index (χ4n) is 3.91. The molecule has 10 nitrogen and oxygen atoms in total. The van der Waals surface area contributed by atoms with Crippen LogP contribution in [0.15, 0.2) is 54.9 Å². The van der Waals surface area contributed by atoms with Gasteiger partial charge in [-0.2, -0.15) is 4.37 Å². The quantitative estimate of drug-likeness (QED) is 0.245. The normalized spacial score (nSPS) is 12.4. The van der Waals surface area contributed by atoms with Crippen molar-refractivity contribution in [2.24, 2.45) is 5.92 Å². The number of nitrogens with zero attached hydrogens (tertiary/aromatic N) is 2. The van der Waals surface area contributed by atoms with E-state index in [1.54, 1.807) is 26.0 Å². The van der Waals surface area contributed by atoms with E-state index in [-0.39, 0.29) is 18.1 Å². The molecule has 0 aliphatic carbocycles. The molecule has 0 bridgehead atoms. The summed E-state index contributed by atoms with van der Waals surface area (Å²) in [5, 5.41) is 15.3. The second-order valence-electron chi connectivity index (χ2n) is 9.34. The van der Waals surface area contributed by atoms with Crippen molar-refractivity contribution in [2.45, 2.75) is 44.5 Å². The van der Waals surface area contributed by atoms with Crippen molar-refractivity contribution >= 4 is 46.9 Å². The van der Waals surface area contributed by atoms with E-state index in [2.05, 4.69) is 20.0 Å². The van der Waals surface area contributed by atoms with Crippen LogP contribution in [-0.4, -0.2) is 63.0 Å². The van der Waals surface area contributed by atoms with Crippen LogP contribution in [0.4, 0.5) is 0 Å². The Morgan fingerprint density at radius 1 is 1.07 bits per heavy atom. The van der Waals surface area contributed by atoms with Gasteiger partial charge in [0.05, 0.1) is 31.7 Å². The first-order valence-corrected chi connectivity index (χ1v) is 14.5. The Morgan fingerprint density at radius 3 is 2.45 bits per heavy atom. The van der Waals surface area contributed by atoms with Crippen molar-refractivity contribution in [2.75, 3.05) is 12.9 Å². The van der Waals surface area contributed by atoms with Gasteiger partial charge in [-0.3, -0.25) is 19.2 Å². The molecule has 2 amide bonds. The maximum atomic E-state index is 13.2. The molecule has 0 saturated carbocycles. The van der Waals surface area contributed by atoms with Gasteiger partial charge in [-0.05, 0) is 41.2 Å². The summed E-state index contributed by atoms with van der Waals surface area (Å²) < 4.78 is 9.42. The van der Waals surface area contributed by atoms with E-state index in [0.717, 1.165) is 11.1 Å². The summed E-state index contributed by atoms with van der Waals surface area (Å²) >= 11 is 2.57. The topological polar surface area (TPSA) is 148 Å². The van der Waals surface area contributed by atoms with Crippen molar-refractivity contribution in [1.82, 2.24) is 20.0 Å². The lowest BCUT2D eigenvalue weighted by Crippen LogP contribution is -2.54. The Bertz CT molecular complexity index is 1300. The second-order valence-corrected chi connectivity index (χ2v) is 11.1. The summed E-state index contributed by atoms with van der Waals surface area (Å²) in [6, 6.07) is 12.7. The van der Waals surface area contributed by atoms with Gasteiger partial charge in [-0.25, -0.2) is 4.98 Å². The van der Waals surface area contributed by atoms with Crippen molar-refractivity contribution in [3.63, 3.8) is 0 Å². The molecule has 2 unspecified atom stereocenters. The first-order valence-electron chi connectivity index (χ1n) is 12.6. The zero-order chi connectivity index (χ0) is 29.1. The van der Waals surface area contributed by atoms with Gasteiger partial charge in [0.1, 0.15) is 23.1 Å². The van der Waals surface area contributed by atoms with Gasteiger partial charge < -0.3 is 20.5 Å². The van der Waals surface area contributed by atoms with Crippen LogP contribution >= 0.6 is 23.3 Å². The molecule has 3 N–H and O–H groups in total. The highest BCUT2D eigenvalue weighted by atomic mass is 32.2. The van der Waals surface area contributed by atoms with Crippen LogP contribution in [-0.2, 0) is 31.4 Å². The summed E-state index contributed by atoms with van der Waals surface area (Å²) in [4.78, 5) is 54.7. The average Bonchev–Trinajstić information content (AvgIpc) is 3.46. The lowest BCUT2D eigenvalue weighted by Gasteiger charge is -2.25. The average molecular weight is 585 g/mol. The highest BCUT2D eigenvalue weighted by Gasteiger charge is 2.30. The number of carboxylic acids is 1. The van der Waals surface area contributed by atoms with Crippen molar-refractivity contribution in [1.29, 1.82) is 0 Å². The minimum atomic E-state index is -1.21. The molecule has 40 heavy (non-hydrogen) atoms. The van der Waals surface area contributed by atoms with Crippen LogP contribution in [0.3, 0.4) is 0 Å². The Labute approximate surface area is 241 Å². The van der Waals surface area contributed by atoms with E-state index in [4.69, 9.17) is 4.74 Å². The minimum Gasteiger partial charge on any atom is -0.496 e. The molecule has 1 aromatic heterocycles. The molecule has 0 spiro atoms. The molecule has 3 aromatic rings. The van der Waals surface area contributed by atoms with Gasteiger partial charge >= 0.3 is 5.97 Å². The number of Topliss-reactive ketones (excluding diaryl/α,β-unsaturated/α-hetero) is 1. The van der Waals surface area contributed by atoms with Crippen molar-refractivity contribution in [3.05, 3.63) is 66.0 Å². The molecule has 2 atom stereocenters. The first-order chi connectivity index (χ1) is 19.2. The van der Waals surface area contributed by atoms with Crippen LogP contribution in [0.1, 0.15) is 31.4 Å². The molecule has 12 heteroatoms. The molecular weight excluding hydrogens is 552 g/mol. The van der Waals surface area contributed by atoms with Crippen LogP contribution in [0.2, 0.25) is 0 Å². The highest BCUT2D eigenvalue weighted by molar-refractivity contribution is 7.99. The van der Waals surface area contributed by atoms with Crippen LogP contribution in [0.25, 0.3) is 10.6 Å². The van der Waals surface area contributed by atoms with Gasteiger partial charge in [-0.15, -0.1) is 11.8 Å². The number of amides is 2. The lowest BCUT2D eigenvalue weighted by molar-refractivity contribution is -0.140. The molecule has 0 aliphatic rings. The minimum absolute atomic E-state index is 0.0383. The number of carboxylic acid groups (broad SMARTS) is 1. The molecule has 0 saturated heterocycles. The van der Waals surface area contributed by atoms with Gasteiger partial charge in [-0.1, -0.05) is 44.2 Å². The fraction of sp³-hybridized carbons (Fsp3) is 0.357. The van der Waals surface area contributed by atoms with Gasteiger partial charge in [0.15, 0.2) is 5.78 Å². The van der Waals surface area contributed by atoms with Gasteiger partial charge in [0.25, 0.3) is 0 Å². The number of rotatable bonds is 15. The largest absolute Gasteiger partial charge is 0.496 e. The summed E-state index contributed by atoms with van der Waals surface area (Å²) in [6.07, 6.45) is 0.831. The molecule has 0 aliphatic heterocycles. The number of methoxy groups -OCH3 is 1. The number of aromatic nitrogens is 2. The predicted octanol–water partition coefficient (Wildman–Crippen LogP) is 3.36. The fourth-order valence-corrected chi connectivity index (χ4v) is 5.36. The van der Waals surface area contributed by atoms with Crippen molar-refractivity contribution in [3.8, 4) is 16.3 Å². The monoisotopic (exact) mass is 584 g/mol. The third-order valence-electron chi connectivity index (χ3n) is 5.95. The lowest BCUT2D eigenvalue weighted by atomic mass is 10.0. The Hall–Kier alpha value is -3.77. The molecule has 2 aromatic carbocycles. The predicted molar refractivity (Wildman–Crippen MR) is 154 cm³/mol. The number of ketones is 1. The van der Waals surface area contributed by atoms with Gasteiger partial charge in [0, 0.05) is 16.9 Å². The molecule has 1 heterocycles. The van der Waals surface area contributed by atoms with Crippen LogP contribution < -0.4 is 15.4 Å².